The molecule has 3 rings (SSSR count). The molecule has 0 saturated carbocycles. The van der Waals surface area contributed by atoms with Crippen LogP contribution in [0.3, 0.4) is 0 Å². The smallest absolute Gasteiger partial charge is 0.333 e. The molecule has 0 bridgehead atoms. The van der Waals surface area contributed by atoms with E-state index in [0.717, 1.165) is 6.42 Å². The SMILES string of the molecule is CC(C)(C)C(OC1CCN(C(=O)[C@@H]2CCCN2C(=O)c2ccc(C(N)=S)cc2)CC1)C(=O)O. The number of amides is 2. The molecule has 2 aliphatic heterocycles. The Balaban J connectivity index is 1.60. The van der Waals surface area contributed by atoms with Gasteiger partial charge in [0.2, 0.25) is 5.91 Å². The number of hydrogen-bond acceptors (Lipinski definition) is 5. The van der Waals surface area contributed by atoms with Crippen molar-refractivity contribution in [3.05, 3.63) is 35.4 Å². The summed E-state index contributed by atoms with van der Waals surface area (Å²) in [7, 11) is 0. The van der Waals surface area contributed by atoms with Gasteiger partial charge in [-0.2, -0.15) is 0 Å². The summed E-state index contributed by atoms with van der Waals surface area (Å²) in [5.74, 6) is -1.19. The molecule has 2 fully saturated rings. The van der Waals surface area contributed by atoms with E-state index in [2.05, 4.69) is 0 Å². The molecule has 1 unspecified atom stereocenters. The molecule has 2 amide bonds. The predicted octanol–water partition coefficient (Wildman–Crippen LogP) is 2.43. The highest BCUT2D eigenvalue weighted by molar-refractivity contribution is 7.80. The lowest BCUT2D eigenvalue weighted by Crippen LogP contribution is -2.51. The number of carbonyl (C=O) groups excluding carboxylic acids is 2. The Kier molecular flexibility index (Phi) is 7.74. The van der Waals surface area contributed by atoms with Gasteiger partial charge in [-0.05, 0) is 43.2 Å². The molecule has 0 radical (unpaired) electrons. The number of piperidine rings is 1. The molecule has 2 atom stereocenters. The molecule has 33 heavy (non-hydrogen) atoms. The van der Waals surface area contributed by atoms with Crippen molar-refractivity contribution < 1.29 is 24.2 Å². The number of aliphatic carboxylic acids is 1. The Morgan fingerprint density at radius 2 is 1.64 bits per heavy atom. The average molecular weight is 476 g/mol. The van der Waals surface area contributed by atoms with E-state index in [9.17, 15) is 19.5 Å². The van der Waals surface area contributed by atoms with E-state index in [1.54, 1.807) is 34.1 Å². The second kappa shape index (κ2) is 10.2. The highest BCUT2D eigenvalue weighted by atomic mass is 32.1. The number of nitrogens with zero attached hydrogens (tertiary/aromatic N) is 2. The normalized spacial score (nSPS) is 20.5. The van der Waals surface area contributed by atoms with E-state index >= 15 is 0 Å². The maximum Gasteiger partial charge on any atom is 0.333 e. The van der Waals surface area contributed by atoms with Gasteiger partial charge in [-0.1, -0.05) is 45.1 Å². The standard InChI is InChI=1S/C24H33N3O5S/c1-24(2,3)19(23(30)31)32-17-10-13-26(14-11-17)22(29)18-5-4-12-27(18)21(28)16-8-6-15(7-9-16)20(25)33/h6-9,17-19H,4-5,10-14H2,1-3H3,(H2,25,33)(H,30,31)/t18-,19?/m0/s1. The minimum absolute atomic E-state index is 0.0512. The Morgan fingerprint density at radius 1 is 1.06 bits per heavy atom. The molecule has 0 aromatic heterocycles. The van der Waals surface area contributed by atoms with E-state index in [4.69, 9.17) is 22.7 Å². The summed E-state index contributed by atoms with van der Waals surface area (Å²) in [6.45, 7) is 7.04. The number of likely N-dealkylation sites (tertiary alicyclic amines) is 2. The highest BCUT2D eigenvalue weighted by Gasteiger charge is 2.39. The summed E-state index contributed by atoms with van der Waals surface area (Å²) in [5, 5.41) is 9.50. The van der Waals surface area contributed by atoms with Crippen molar-refractivity contribution in [3.8, 4) is 0 Å². The lowest BCUT2D eigenvalue weighted by atomic mass is 9.88. The second-order valence-corrected chi connectivity index (χ2v) is 10.3. The van der Waals surface area contributed by atoms with Crippen LogP contribution in [0.5, 0.6) is 0 Å². The molecule has 1 aromatic rings. The number of hydrogen-bond donors (Lipinski definition) is 2. The highest BCUT2D eigenvalue weighted by Crippen LogP contribution is 2.28. The van der Waals surface area contributed by atoms with Gasteiger partial charge in [0.15, 0.2) is 6.10 Å². The molecule has 9 heteroatoms. The molecule has 2 heterocycles. The molecular formula is C24H33N3O5S. The number of thiocarbonyl (C=S) groups is 1. The minimum Gasteiger partial charge on any atom is -0.479 e. The quantitative estimate of drug-likeness (QED) is 0.608. The average Bonchev–Trinajstić information content (AvgIpc) is 3.25. The third-order valence-electron chi connectivity index (χ3n) is 6.31. The van der Waals surface area contributed by atoms with Gasteiger partial charge in [0.25, 0.3) is 5.91 Å². The van der Waals surface area contributed by atoms with E-state index in [-0.39, 0.29) is 22.9 Å². The first-order valence-corrected chi connectivity index (χ1v) is 11.8. The van der Waals surface area contributed by atoms with Gasteiger partial charge in [-0.25, -0.2) is 4.79 Å². The van der Waals surface area contributed by atoms with Gasteiger partial charge in [0, 0.05) is 30.8 Å². The first kappa shape index (κ1) is 25.1. The fourth-order valence-electron chi connectivity index (χ4n) is 4.46. The Labute approximate surface area is 200 Å². The van der Waals surface area contributed by atoms with Crippen LogP contribution in [-0.2, 0) is 14.3 Å². The van der Waals surface area contributed by atoms with Crippen molar-refractivity contribution in [2.24, 2.45) is 11.1 Å². The third-order valence-corrected chi connectivity index (χ3v) is 6.54. The van der Waals surface area contributed by atoms with Crippen LogP contribution in [0.1, 0.15) is 62.4 Å². The Morgan fingerprint density at radius 3 is 2.15 bits per heavy atom. The number of carboxylic acid groups (broad SMARTS) is 1. The predicted molar refractivity (Wildman–Crippen MR) is 128 cm³/mol. The van der Waals surface area contributed by atoms with Gasteiger partial charge in [0.1, 0.15) is 11.0 Å². The summed E-state index contributed by atoms with van der Waals surface area (Å²) >= 11 is 4.96. The monoisotopic (exact) mass is 475 g/mol. The summed E-state index contributed by atoms with van der Waals surface area (Å²) < 4.78 is 5.89. The summed E-state index contributed by atoms with van der Waals surface area (Å²) in [6.07, 6.45) is 1.46. The number of benzene rings is 1. The third kappa shape index (κ3) is 5.89. The first-order chi connectivity index (χ1) is 15.5. The van der Waals surface area contributed by atoms with Crippen LogP contribution >= 0.6 is 12.2 Å². The van der Waals surface area contributed by atoms with Gasteiger partial charge < -0.3 is 25.4 Å². The summed E-state index contributed by atoms with van der Waals surface area (Å²) in [4.78, 5) is 41.6. The molecule has 0 spiro atoms. The van der Waals surface area contributed by atoms with Crippen LogP contribution in [0.25, 0.3) is 0 Å². The van der Waals surface area contributed by atoms with Crippen LogP contribution in [0.2, 0.25) is 0 Å². The maximum atomic E-state index is 13.2. The topological polar surface area (TPSA) is 113 Å². The molecule has 1 aromatic carbocycles. The second-order valence-electron chi connectivity index (χ2n) is 9.84. The van der Waals surface area contributed by atoms with E-state index in [1.807, 2.05) is 20.8 Å². The molecule has 2 saturated heterocycles. The van der Waals surface area contributed by atoms with Crippen LogP contribution in [-0.4, -0.2) is 75.6 Å². The van der Waals surface area contributed by atoms with Crippen molar-refractivity contribution in [2.45, 2.75) is 64.7 Å². The zero-order valence-electron chi connectivity index (χ0n) is 19.5. The Hall–Kier alpha value is -2.52. The Bertz CT molecular complexity index is 904. The van der Waals surface area contributed by atoms with E-state index < -0.39 is 23.5 Å². The van der Waals surface area contributed by atoms with Gasteiger partial charge in [-0.3, -0.25) is 9.59 Å². The zero-order chi connectivity index (χ0) is 24.3. The maximum absolute atomic E-state index is 13.2. The molecule has 3 N–H and O–H groups in total. The van der Waals surface area contributed by atoms with Crippen molar-refractivity contribution in [1.29, 1.82) is 0 Å². The molecule has 180 valence electrons. The van der Waals surface area contributed by atoms with E-state index in [1.165, 1.54) is 0 Å². The van der Waals surface area contributed by atoms with Crippen molar-refractivity contribution >= 4 is 35.0 Å². The lowest BCUT2D eigenvalue weighted by molar-refractivity contribution is -0.167. The van der Waals surface area contributed by atoms with Crippen LogP contribution < -0.4 is 5.73 Å². The van der Waals surface area contributed by atoms with Gasteiger partial charge in [0.05, 0.1) is 6.10 Å². The van der Waals surface area contributed by atoms with Crippen molar-refractivity contribution in [2.75, 3.05) is 19.6 Å². The number of carbonyl (C=O) groups is 3. The van der Waals surface area contributed by atoms with Crippen molar-refractivity contribution in [1.82, 2.24) is 9.80 Å². The summed E-state index contributed by atoms with van der Waals surface area (Å²) in [6, 6.07) is 6.33. The van der Waals surface area contributed by atoms with Crippen molar-refractivity contribution in [3.63, 3.8) is 0 Å². The lowest BCUT2D eigenvalue weighted by Gasteiger charge is -2.38. The van der Waals surface area contributed by atoms with Gasteiger partial charge >= 0.3 is 5.97 Å². The number of carboxylic acids is 1. The van der Waals surface area contributed by atoms with Gasteiger partial charge in [-0.15, -0.1) is 0 Å². The molecular weight excluding hydrogens is 442 g/mol. The molecule has 0 aliphatic carbocycles. The molecule has 8 nitrogen and oxygen atoms in total. The number of rotatable bonds is 6. The minimum atomic E-state index is -0.970. The fourth-order valence-corrected chi connectivity index (χ4v) is 4.59. The van der Waals surface area contributed by atoms with E-state index in [0.29, 0.717) is 50.0 Å². The summed E-state index contributed by atoms with van der Waals surface area (Å²) in [5.41, 5.74) is 6.30. The van der Waals surface area contributed by atoms with Crippen LogP contribution in [0.15, 0.2) is 24.3 Å². The largest absolute Gasteiger partial charge is 0.479 e. The van der Waals surface area contributed by atoms with Crippen LogP contribution in [0.4, 0.5) is 0 Å². The number of nitrogens with two attached hydrogens (primary N) is 1. The number of ether oxygens (including phenoxy) is 1. The first-order valence-electron chi connectivity index (χ1n) is 11.4. The van der Waals surface area contributed by atoms with Crippen LogP contribution in [0, 0.1) is 5.41 Å². The fraction of sp³-hybridized carbons (Fsp3) is 0.583. The molecule has 2 aliphatic rings. The zero-order valence-corrected chi connectivity index (χ0v) is 20.3.